The van der Waals surface area contributed by atoms with Gasteiger partial charge in [-0.2, -0.15) is 0 Å². The highest BCUT2D eigenvalue weighted by Gasteiger charge is 2.12. The van der Waals surface area contributed by atoms with Crippen LogP contribution in [-0.2, 0) is 6.54 Å². The largest absolute Gasteiger partial charge is 0.311 e. The Morgan fingerprint density at radius 1 is 1.32 bits per heavy atom. The second-order valence-corrected chi connectivity index (χ2v) is 4.71. The number of nitrogens with zero attached hydrogens (tertiary/aromatic N) is 3. The molecule has 0 saturated heterocycles. The van der Waals surface area contributed by atoms with Crippen molar-refractivity contribution in [1.29, 1.82) is 0 Å². The predicted octanol–water partition coefficient (Wildman–Crippen LogP) is 2.07. The molecule has 0 saturated carbocycles. The van der Waals surface area contributed by atoms with Crippen molar-refractivity contribution in [3.8, 4) is 0 Å². The van der Waals surface area contributed by atoms with Crippen LogP contribution in [0.1, 0.15) is 5.56 Å². The van der Waals surface area contributed by atoms with Gasteiger partial charge in [-0.1, -0.05) is 12.1 Å². The van der Waals surface area contributed by atoms with Gasteiger partial charge in [0.25, 0.3) is 5.56 Å². The van der Waals surface area contributed by atoms with E-state index in [1.54, 1.807) is 16.7 Å². The Morgan fingerprint density at radius 3 is 2.79 bits per heavy atom. The molecule has 0 radical (unpaired) electrons. The molecule has 2 heterocycles. The number of hydrogen-bond donors (Lipinski definition) is 1. The fraction of sp³-hybridized carbons (Fsp3) is 0.0833. The van der Waals surface area contributed by atoms with Crippen molar-refractivity contribution in [3.63, 3.8) is 0 Å². The zero-order valence-corrected chi connectivity index (χ0v) is 11.2. The maximum Gasteiger partial charge on any atom is 0.278 e. The van der Waals surface area contributed by atoms with Crippen LogP contribution in [0.4, 0.5) is 4.39 Å². The summed E-state index contributed by atoms with van der Waals surface area (Å²) in [5.41, 5.74) is 1.36. The SMILES string of the molecule is O=c1[nH]cnc2c1nc(Br)n2Cc1ccc(F)cc1. The molecule has 1 N–H and O–H groups in total. The summed E-state index contributed by atoms with van der Waals surface area (Å²) in [6.45, 7) is 0.452. The molecule has 0 atom stereocenters. The monoisotopic (exact) mass is 322 g/mol. The van der Waals surface area contributed by atoms with Crippen LogP contribution >= 0.6 is 15.9 Å². The Labute approximate surface area is 115 Å². The van der Waals surface area contributed by atoms with Crippen LogP contribution in [0.5, 0.6) is 0 Å². The van der Waals surface area contributed by atoms with Gasteiger partial charge in [0.1, 0.15) is 5.82 Å². The van der Waals surface area contributed by atoms with Crippen molar-refractivity contribution in [1.82, 2.24) is 19.5 Å². The number of imidazole rings is 1. The summed E-state index contributed by atoms with van der Waals surface area (Å²) >= 11 is 3.30. The lowest BCUT2D eigenvalue weighted by Crippen LogP contribution is -2.08. The normalized spacial score (nSPS) is 11.1. The van der Waals surface area contributed by atoms with Crippen molar-refractivity contribution >= 4 is 27.1 Å². The first-order valence-corrected chi connectivity index (χ1v) is 6.28. The lowest BCUT2D eigenvalue weighted by atomic mass is 10.2. The summed E-state index contributed by atoms with van der Waals surface area (Å²) in [7, 11) is 0. The number of H-pyrrole nitrogens is 1. The second kappa shape index (κ2) is 4.58. The highest BCUT2D eigenvalue weighted by atomic mass is 79.9. The minimum atomic E-state index is -0.288. The van der Waals surface area contributed by atoms with Crippen LogP contribution in [0.25, 0.3) is 11.2 Å². The van der Waals surface area contributed by atoms with E-state index in [0.29, 0.717) is 16.9 Å². The molecular formula is C12H8BrFN4O. The van der Waals surface area contributed by atoms with E-state index in [2.05, 4.69) is 30.9 Å². The molecule has 7 heteroatoms. The highest BCUT2D eigenvalue weighted by Crippen LogP contribution is 2.17. The summed E-state index contributed by atoms with van der Waals surface area (Å²) in [5, 5.41) is 0. The van der Waals surface area contributed by atoms with E-state index in [9.17, 15) is 9.18 Å². The average Bonchev–Trinajstić information content (AvgIpc) is 2.71. The number of aromatic amines is 1. The van der Waals surface area contributed by atoms with Crippen LogP contribution < -0.4 is 5.56 Å². The standard InChI is InChI=1S/C12H8BrFN4O/c13-12-17-9-10(15-6-16-11(9)19)18(12)5-7-1-3-8(14)4-2-7/h1-4,6H,5H2,(H,15,16,19). The topological polar surface area (TPSA) is 63.6 Å². The van der Waals surface area contributed by atoms with Crippen LogP contribution in [-0.4, -0.2) is 19.5 Å². The predicted molar refractivity (Wildman–Crippen MR) is 71.4 cm³/mol. The van der Waals surface area contributed by atoms with Crippen molar-refractivity contribution in [3.05, 3.63) is 57.1 Å². The van der Waals surface area contributed by atoms with Gasteiger partial charge in [0, 0.05) is 0 Å². The minimum absolute atomic E-state index is 0.275. The van der Waals surface area contributed by atoms with Crippen LogP contribution in [0.3, 0.4) is 0 Å². The fourth-order valence-electron chi connectivity index (χ4n) is 1.83. The summed E-state index contributed by atoms with van der Waals surface area (Å²) in [6, 6.07) is 6.15. The van der Waals surface area contributed by atoms with Gasteiger partial charge in [-0.05, 0) is 33.6 Å². The Hall–Kier alpha value is -2.02. The third kappa shape index (κ3) is 2.17. The number of aromatic nitrogens is 4. The summed E-state index contributed by atoms with van der Waals surface area (Å²) in [5.74, 6) is -0.284. The van der Waals surface area contributed by atoms with Crippen molar-refractivity contribution in [2.75, 3.05) is 0 Å². The maximum absolute atomic E-state index is 12.9. The van der Waals surface area contributed by atoms with Gasteiger partial charge in [0.15, 0.2) is 15.9 Å². The molecule has 0 aliphatic carbocycles. The van der Waals surface area contributed by atoms with Crippen LogP contribution in [0, 0.1) is 5.82 Å². The van der Waals surface area contributed by atoms with E-state index in [4.69, 9.17) is 0 Å². The molecule has 3 rings (SSSR count). The molecule has 3 aromatic rings. The van der Waals surface area contributed by atoms with E-state index < -0.39 is 0 Å². The molecular weight excluding hydrogens is 315 g/mol. The molecule has 96 valence electrons. The Morgan fingerprint density at radius 2 is 2.05 bits per heavy atom. The van der Waals surface area contributed by atoms with Gasteiger partial charge >= 0.3 is 0 Å². The number of nitrogens with one attached hydrogen (secondary N) is 1. The molecule has 1 aromatic carbocycles. The molecule has 0 unspecified atom stereocenters. The lowest BCUT2D eigenvalue weighted by Gasteiger charge is -2.05. The van der Waals surface area contributed by atoms with E-state index in [1.807, 2.05) is 0 Å². The molecule has 0 amide bonds. The zero-order valence-electron chi connectivity index (χ0n) is 9.60. The summed E-state index contributed by atoms with van der Waals surface area (Å²) < 4.78 is 15.1. The molecule has 0 bridgehead atoms. The van der Waals surface area contributed by atoms with E-state index in [-0.39, 0.29) is 16.9 Å². The highest BCUT2D eigenvalue weighted by molar-refractivity contribution is 9.10. The van der Waals surface area contributed by atoms with Gasteiger partial charge in [0.05, 0.1) is 12.9 Å². The van der Waals surface area contributed by atoms with E-state index in [1.165, 1.54) is 18.5 Å². The summed E-state index contributed by atoms with van der Waals surface area (Å²) in [4.78, 5) is 22.3. The van der Waals surface area contributed by atoms with Gasteiger partial charge in [-0.15, -0.1) is 0 Å². The summed E-state index contributed by atoms with van der Waals surface area (Å²) in [6.07, 6.45) is 1.33. The number of halogens is 2. The third-order valence-electron chi connectivity index (χ3n) is 2.75. The fourth-order valence-corrected chi connectivity index (χ4v) is 2.30. The molecule has 0 fully saturated rings. The maximum atomic E-state index is 12.9. The second-order valence-electron chi connectivity index (χ2n) is 4.00. The molecule has 0 spiro atoms. The smallest absolute Gasteiger partial charge is 0.278 e. The van der Waals surface area contributed by atoms with E-state index in [0.717, 1.165) is 5.56 Å². The minimum Gasteiger partial charge on any atom is -0.311 e. The van der Waals surface area contributed by atoms with Gasteiger partial charge in [0.2, 0.25) is 0 Å². The van der Waals surface area contributed by atoms with Crippen LogP contribution in [0.2, 0.25) is 0 Å². The third-order valence-corrected chi connectivity index (χ3v) is 3.35. The first kappa shape index (κ1) is 12.0. The van der Waals surface area contributed by atoms with Gasteiger partial charge in [-0.3, -0.25) is 9.36 Å². The molecule has 0 aliphatic rings. The molecule has 0 aliphatic heterocycles. The van der Waals surface area contributed by atoms with Crippen molar-refractivity contribution in [2.24, 2.45) is 0 Å². The van der Waals surface area contributed by atoms with Gasteiger partial charge < -0.3 is 4.98 Å². The van der Waals surface area contributed by atoms with Crippen LogP contribution in [0.15, 0.2) is 40.1 Å². The number of rotatable bonds is 2. The van der Waals surface area contributed by atoms with E-state index >= 15 is 0 Å². The lowest BCUT2D eigenvalue weighted by molar-refractivity contribution is 0.626. The number of hydrogen-bond acceptors (Lipinski definition) is 3. The first-order chi connectivity index (χ1) is 9.15. The van der Waals surface area contributed by atoms with Gasteiger partial charge in [-0.25, -0.2) is 14.4 Å². The zero-order chi connectivity index (χ0) is 13.4. The Bertz CT molecular complexity index is 794. The first-order valence-electron chi connectivity index (χ1n) is 5.49. The quantitative estimate of drug-likeness (QED) is 0.735. The average molecular weight is 323 g/mol. The van der Waals surface area contributed by atoms with Crippen molar-refractivity contribution < 1.29 is 4.39 Å². The molecule has 2 aromatic heterocycles. The molecule has 19 heavy (non-hydrogen) atoms. The molecule has 5 nitrogen and oxygen atoms in total. The number of benzene rings is 1. The van der Waals surface area contributed by atoms with Crippen molar-refractivity contribution in [2.45, 2.75) is 6.54 Å². The Kier molecular flexibility index (Phi) is 2.90. The number of fused-ring (bicyclic) bond motifs is 1. The Balaban J connectivity index is 2.10.